The largest absolute Gasteiger partial charge is 0.344 e. The monoisotopic (exact) mass is 218 g/mol. The molecule has 16 heavy (non-hydrogen) atoms. The topological polar surface area (TPSA) is 53.9 Å². The van der Waals surface area contributed by atoms with Crippen LogP contribution in [0, 0.1) is 0 Å². The molecule has 2 aromatic rings. The van der Waals surface area contributed by atoms with Gasteiger partial charge in [0.15, 0.2) is 0 Å². The molecule has 0 fully saturated rings. The van der Waals surface area contributed by atoms with Crippen molar-refractivity contribution in [3.05, 3.63) is 40.8 Å². The van der Waals surface area contributed by atoms with Gasteiger partial charge in [-0.05, 0) is 19.1 Å². The van der Waals surface area contributed by atoms with E-state index in [1.165, 1.54) is 4.68 Å². The van der Waals surface area contributed by atoms with E-state index in [0.717, 1.165) is 12.2 Å². The van der Waals surface area contributed by atoms with E-state index in [4.69, 9.17) is 0 Å². The molecule has 0 radical (unpaired) electrons. The van der Waals surface area contributed by atoms with Crippen molar-refractivity contribution in [1.29, 1.82) is 0 Å². The summed E-state index contributed by atoms with van der Waals surface area (Å²) in [4.78, 5) is 16.0. The van der Waals surface area contributed by atoms with E-state index >= 15 is 0 Å². The van der Waals surface area contributed by atoms with E-state index in [0.29, 0.717) is 5.95 Å². The number of para-hydroxylation sites is 1. The maximum Gasteiger partial charge on any atom is 0.344 e. The van der Waals surface area contributed by atoms with Crippen LogP contribution in [0.25, 0.3) is 0 Å². The number of H-pyrrole nitrogens is 1. The minimum Gasteiger partial charge on any atom is -0.311 e. The molecule has 0 unspecified atom stereocenters. The number of aromatic nitrogens is 3. The van der Waals surface area contributed by atoms with Crippen LogP contribution in [0.15, 0.2) is 35.1 Å². The lowest BCUT2D eigenvalue weighted by Gasteiger charge is -2.18. The van der Waals surface area contributed by atoms with Crippen molar-refractivity contribution < 1.29 is 0 Å². The second-order valence-corrected chi connectivity index (χ2v) is 3.46. The molecular weight excluding hydrogens is 204 g/mol. The number of anilines is 2. The highest BCUT2D eigenvalue weighted by Crippen LogP contribution is 2.19. The van der Waals surface area contributed by atoms with Crippen molar-refractivity contribution in [2.24, 2.45) is 7.05 Å². The zero-order chi connectivity index (χ0) is 11.5. The van der Waals surface area contributed by atoms with E-state index in [9.17, 15) is 4.79 Å². The third-order valence-electron chi connectivity index (χ3n) is 2.40. The summed E-state index contributed by atoms with van der Waals surface area (Å²) >= 11 is 0. The quantitative estimate of drug-likeness (QED) is 0.844. The predicted octanol–water partition coefficient (Wildman–Crippen LogP) is 1.27. The molecule has 1 aromatic heterocycles. The summed E-state index contributed by atoms with van der Waals surface area (Å²) in [5, 5.41) is 4.13. The molecule has 0 amide bonds. The summed E-state index contributed by atoms with van der Waals surface area (Å²) in [5.41, 5.74) is 0.809. The first-order valence-corrected chi connectivity index (χ1v) is 5.18. The van der Waals surface area contributed by atoms with Gasteiger partial charge < -0.3 is 4.90 Å². The minimum atomic E-state index is -0.204. The maximum atomic E-state index is 11.3. The van der Waals surface area contributed by atoms with E-state index in [-0.39, 0.29) is 5.69 Å². The number of nitrogens with zero attached hydrogens (tertiary/aromatic N) is 3. The number of benzene rings is 1. The molecule has 5 nitrogen and oxygen atoms in total. The molecule has 0 bridgehead atoms. The first-order chi connectivity index (χ1) is 7.72. The summed E-state index contributed by atoms with van der Waals surface area (Å²) < 4.78 is 1.29. The molecule has 0 saturated carbocycles. The Hall–Kier alpha value is -2.04. The smallest absolute Gasteiger partial charge is 0.311 e. The Kier molecular flexibility index (Phi) is 2.76. The molecule has 1 heterocycles. The summed E-state index contributed by atoms with van der Waals surface area (Å²) in [5.74, 6) is 0.571. The van der Waals surface area contributed by atoms with Crippen LogP contribution in [0.2, 0.25) is 0 Å². The number of aromatic amines is 1. The van der Waals surface area contributed by atoms with Crippen molar-refractivity contribution in [3.63, 3.8) is 0 Å². The molecule has 1 aromatic carbocycles. The number of nitrogens with one attached hydrogen (secondary N) is 1. The summed E-state index contributed by atoms with van der Waals surface area (Å²) in [6.07, 6.45) is 0. The van der Waals surface area contributed by atoms with E-state index in [1.54, 1.807) is 7.05 Å². The van der Waals surface area contributed by atoms with Crippen LogP contribution in [0.3, 0.4) is 0 Å². The summed E-state index contributed by atoms with van der Waals surface area (Å²) in [6, 6.07) is 9.84. The van der Waals surface area contributed by atoms with Crippen molar-refractivity contribution in [2.75, 3.05) is 11.4 Å². The number of hydrogen-bond donors (Lipinski definition) is 1. The van der Waals surface area contributed by atoms with Crippen molar-refractivity contribution >= 4 is 11.6 Å². The normalized spacial score (nSPS) is 10.4. The Morgan fingerprint density at radius 1 is 1.38 bits per heavy atom. The molecule has 0 saturated heterocycles. The highest BCUT2D eigenvalue weighted by atomic mass is 16.2. The first kappa shape index (κ1) is 10.5. The Morgan fingerprint density at radius 3 is 2.56 bits per heavy atom. The minimum absolute atomic E-state index is 0.204. The van der Waals surface area contributed by atoms with Gasteiger partial charge in [-0.15, -0.1) is 5.10 Å². The summed E-state index contributed by atoms with van der Waals surface area (Å²) in [6.45, 7) is 2.76. The Bertz CT molecular complexity index is 514. The van der Waals surface area contributed by atoms with Gasteiger partial charge in [-0.2, -0.15) is 0 Å². The second kappa shape index (κ2) is 4.22. The molecule has 2 rings (SSSR count). The second-order valence-electron chi connectivity index (χ2n) is 3.46. The van der Waals surface area contributed by atoms with Gasteiger partial charge in [-0.25, -0.2) is 9.48 Å². The highest BCUT2D eigenvalue weighted by Gasteiger charge is 2.11. The average Bonchev–Trinajstić information content (AvgIpc) is 2.61. The highest BCUT2D eigenvalue weighted by molar-refractivity contribution is 5.56. The Balaban J connectivity index is 2.40. The lowest BCUT2D eigenvalue weighted by atomic mass is 10.3. The van der Waals surface area contributed by atoms with Gasteiger partial charge in [-0.1, -0.05) is 18.2 Å². The van der Waals surface area contributed by atoms with Gasteiger partial charge in [0.25, 0.3) is 0 Å². The number of aryl methyl sites for hydroxylation is 1. The van der Waals surface area contributed by atoms with E-state index in [1.807, 2.05) is 42.2 Å². The van der Waals surface area contributed by atoms with Gasteiger partial charge in [0.05, 0.1) is 0 Å². The first-order valence-electron chi connectivity index (χ1n) is 5.18. The van der Waals surface area contributed by atoms with Gasteiger partial charge in [0.1, 0.15) is 0 Å². The van der Waals surface area contributed by atoms with Crippen LogP contribution < -0.4 is 10.6 Å². The molecule has 0 aliphatic carbocycles. The van der Waals surface area contributed by atoms with Crippen LogP contribution in [-0.2, 0) is 7.05 Å². The van der Waals surface area contributed by atoms with Crippen LogP contribution in [0.1, 0.15) is 6.92 Å². The third kappa shape index (κ3) is 1.84. The van der Waals surface area contributed by atoms with Crippen LogP contribution >= 0.6 is 0 Å². The molecular formula is C11H14N4O. The fraction of sp³-hybridized carbons (Fsp3) is 0.273. The molecule has 1 N–H and O–H groups in total. The van der Waals surface area contributed by atoms with Crippen LogP contribution in [0.4, 0.5) is 11.6 Å². The van der Waals surface area contributed by atoms with Crippen molar-refractivity contribution in [3.8, 4) is 0 Å². The summed E-state index contributed by atoms with van der Waals surface area (Å²) in [7, 11) is 1.63. The van der Waals surface area contributed by atoms with E-state index in [2.05, 4.69) is 10.1 Å². The molecule has 84 valence electrons. The zero-order valence-corrected chi connectivity index (χ0v) is 9.34. The van der Waals surface area contributed by atoms with Gasteiger partial charge in [0.2, 0.25) is 5.95 Å². The molecule has 0 aliphatic heterocycles. The number of rotatable bonds is 3. The molecule has 0 atom stereocenters. The fourth-order valence-corrected chi connectivity index (χ4v) is 1.57. The van der Waals surface area contributed by atoms with Gasteiger partial charge in [0, 0.05) is 19.3 Å². The molecule has 0 spiro atoms. The lowest BCUT2D eigenvalue weighted by Crippen LogP contribution is -2.18. The maximum absolute atomic E-state index is 11.3. The SMILES string of the molecule is CCN(c1ccccc1)c1nn(C)c(=O)[nH]1. The van der Waals surface area contributed by atoms with Crippen LogP contribution in [0.5, 0.6) is 0 Å². The van der Waals surface area contributed by atoms with Gasteiger partial charge in [-0.3, -0.25) is 4.98 Å². The molecule has 5 heteroatoms. The lowest BCUT2D eigenvalue weighted by molar-refractivity contribution is 0.731. The third-order valence-corrected chi connectivity index (χ3v) is 2.40. The fourth-order valence-electron chi connectivity index (χ4n) is 1.57. The Morgan fingerprint density at radius 2 is 2.06 bits per heavy atom. The van der Waals surface area contributed by atoms with Crippen molar-refractivity contribution in [2.45, 2.75) is 6.92 Å². The zero-order valence-electron chi connectivity index (χ0n) is 9.34. The Labute approximate surface area is 93.3 Å². The van der Waals surface area contributed by atoms with Crippen LogP contribution in [-0.4, -0.2) is 21.3 Å². The predicted molar refractivity (Wildman–Crippen MR) is 63.0 cm³/mol. The molecule has 0 aliphatic rings. The van der Waals surface area contributed by atoms with Gasteiger partial charge >= 0.3 is 5.69 Å². The standard InChI is InChI=1S/C11H14N4O/c1-3-15(9-7-5-4-6-8-9)10-12-11(16)14(2)13-10/h4-8H,3H2,1-2H3,(H,12,13,16). The average molecular weight is 218 g/mol. The van der Waals surface area contributed by atoms with E-state index < -0.39 is 0 Å². The van der Waals surface area contributed by atoms with Crippen molar-refractivity contribution in [1.82, 2.24) is 14.8 Å². The number of hydrogen-bond acceptors (Lipinski definition) is 3.